The van der Waals surface area contributed by atoms with Crippen molar-refractivity contribution >= 4 is 5.95 Å². The predicted octanol–water partition coefficient (Wildman–Crippen LogP) is 2.54. The van der Waals surface area contributed by atoms with Gasteiger partial charge in [-0.3, -0.25) is 9.78 Å². The lowest BCUT2D eigenvalue weighted by atomic mass is 9.92. The summed E-state index contributed by atoms with van der Waals surface area (Å²) in [6.07, 6.45) is 10.0. The van der Waals surface area contributed by atoms with Crippen molar-refractivity contribution in [1.29, 1.82) is 0 Å². The van der Waals surface area contributed by atoms with Crippen molar-refractivity contribution in [2.24, 2.45) is 0 Å². The van der Waals surface area contributed by atoms with Crippen LogP contribution >= 0.6 is 0 Å². The first-order chi connectivity index (χ1) is 10.7. The lowest BCUT2D eigenvalue weighted by Gasteiger charge is -2.39. The number of aromatic nitrogens is 2. The van der Waals surface area contributed by atoms with Gasteiger partial charge in [0.25, 0.3) is 5.56 Å². The Hall–Kier alpha value is -1.36. The number of nitrogens with zero attached hydrogens (tertiary/aromatic N) is 2. The number of H-pyrrole nitrogens is 1. The third-order valence-corrected chi connectivity index (χ3v) is 5.12. The molecule has 0 spiro atoms. The summed E-state index contributed by atoms with van der Waals surface area (Å²) in [5.41, 5.74) is 0.792. The zero-order chi connectivity index (χ0) is 15.4. The van der Waals surface area contributed by atoms with Crippen molar-refractivity contribution in [3.8, 4) is 0 Å². The number of rotatable bonds is 4. The number of nitrogens with one attached hydrogen (secondary N) is 2. The SMILES string of the molecule is CCc1cc(=O)[nH]c(NC2CCN(C3CCCCC3)CC2)n1. The molecular formula is C17H28N4O. The predicted molar refractivity (Wildman–Crippen MR) is 89.3 cm³/mol. The number of hydrogen-bond donors (Lipinski definition) is 2. The summed E-state index contributed by atoms with van der Waals surface area (Å²) in [5.74, 6) is 0.639. The Labute approximate surface area is 132 Å². The van der Waals surface area contributed by atoms with Crippen LogP contribution in [0.15, 0.2) is 10.9 Å². The van der Waals surface area contributed by atoms with Crippen molar-refractivity contribution in [3.63, 3.8) is 0 Å². The molecule has 0 aromatic carbocycles. The van der Waals surface area contributed by atoms with Gasteiger partial charge in [-0.05, 0) is 32.1 Å². The van der Waals surface area contributed by atoms with Crippen molar-refractivity contribution in [2.45, 2.75) is 70.4 Å². The van der Waals surface area contributed by atoms with E-state index in [0.717, 1.165) is 31.0 Å². The Balaban J connectivity index is 1.53. The average molecular weight is 304 g/mol. The number of hydrogen-bond acceptors (Lipinski definition) is 4. The summed E-state index contributed by atoms with van der Waals surface area (Å²) in [5, 5.41) is 3.43. The first-order valence-electron chi connectivity index (χ1n) is 8.85. The quantitative estimate of drug-likeness (QED) is 0.897. The van der Waals surface area contributed by atoms with Crippen LogP contribution in [0.1, 0.15) is 57.6 Å². The Bertz CT molecular complexity index is 528. The molecule has 22 heavy (non-hydrogen) atoms. The highest BCUT2D eigenvalue weighted by atomic mass is 16.1. The number of piperidine rings is 1. The van der Waals surface area contributed by atoms with E-state index < -0.39 is 0 Å². The molecule has 0 radical (unpaired) electrons. The first-order valence-corrected chi connectivity index (χ1v) is 8.85. The molecule has 0 amide bonds. The standard InChI is InChI=1S/C17H28N4O/c1-2-13-12-16(22)20-17(18-13)19-14-8-10-21(11-9-14)15-6-4-3-5-7-15/h12,14-15H,2-11H2,1H3,(H2,18,19,20,22). The minimum Gasteiger partial charge on any atom is -0.353 e. The van der Waals surface area contributed by atoms with E-state index in [4.69, 9.17) is 0 Å². The highest BCUT2D eigenvalue weighted by Crippen LogP contribution is 2.25. The molecule has 2 aliphatic rings. The summed E-state index contributed by atoms with van der Waals surface area (Å²) in [6.45, 7) is 4.36. The molecule has 1 aliphatic carbocycles. The molecule has 0 atom stereocenters. The fourth-order valence-corrected chi connectivity index (χ4v) is 3.81. The summed E-state index contributed by atoms with van der Waals surface area (Å²) < 4.78 is 0. The van der Waals surface area contributed by atoms with E-state index in [0.29, 0.717) is 12.0 Å². The minimum atomic E-state index is -0.0611. The highest BCUT2D eigenvalue weighted by Gasteiger charge is 2.26. The van der Waals surface area contributed by atoms with Crippen molar-refractivity contribution < 1.29 is 0 Å². The smallest absolute Gasteiger partial charge is 0.252 e. The van der Waals surface area contributed by atoms with Gasteiger partial charge in [0, 0.05) is 36.9 Å². The summed E-state index contributed by atoms with van der Waals surface area (Å²) >= 11 is 0. The number of aromatic amines is 1. The Morgan fingerprint density at radius 1 is 1.23 bits per heavy atom. The monoisotopic (exact) mass is 304 g/mol. The maximum absolute atomic E-state index is 11.6. The van der Waals surface area contributed by atoms with Crippen LogP contribution < -0.4 is 10.9 Å². The van der Waals surface area contributed by atoms with E-state index in [2.05, 4.69) is 20.2 Å². The maximum Gasteiger partial charge on any atom is 0.252 e. The van der Waals surface area contributed by atoms with Crippen molar-refractivity contribution in [2.75, 3.05) is 18.4 Å². The lowest BCUT2D eigenvalue weighted by molar-refractivity contribution is 0.126. The molecule has 1 aromatic rings. The zero-order valence-electron chi connectivity index (χ0n) is 13.6. The van der Waals surface area contributed by atoms with Crippen LogP contribution in [0.25, 0.3) is 0 Å². The second-order valence-electron chi connectivity index (χ2n) is 6.69. The lowest BCUT2D eigenvalue weighted by Crippen LogP contribution is -2.45. The average Bonchev–Trinajstić information content (AvgIpc) is 2.56. The van der Waals surface area contributed by atoms with Gasteiger partial charge >= 0.3 is 0 Å². The van der Waals surface area contributed by atoms with E-state index in [-0.39, 0.29) is 5.56 Å². The van der Waals surface area contributed by atoms with Gasteiger partial charge in [-0.1, -0.05) is 26.2 Å². The van der Waals surface area contributed by atoms with Gasteiger partial charge in [0.05, 0.1) is 0 Å². The molecule has 1 aliphatic heterocycles. The molecule has 3 rings (SSSR count). The van der Waals surface area contributed by atoms with Crippen molar-refractivity contribution in [1.82, 2.24) is 14.9 Å². The fourth-order valence-electron chi connectivity index (χ4n) is 3.81. The number of anilines is 1. The summed E-state index contributed by atoms with van der Waals surface area (Å²) in [4.78, 5) is 21.6. The molecule has 0 bridgehead atoms. The molecule has 122 valence electrons. The van der Waals surface area contributed by atoms with Gasteiger partial charge < -0.3 is 10.2 Å². The summed E-state index contributed by atoms with van der Waals surface area (Å²) in [7, 11) is 0. The van der Waals surface area contributed by atoms with Gasteiger partial charge in [-0.2, -0.15) is 0 Å². The molecule has 1 saturated carbocycles. The molecule has 5 heteroatoms. The van der Waals surface area contributed by atoms with Crippen LogP contribution in [0.2, 0.25) is 0 Å². The third kappa shape index (κ3) is 3.88. The summed E-state index contributed by atoms with van der Waals surface area (Å²) in [6, 6.07) is 2.82. The van der Waals surface area contributed by atoms with Gasteiger partial charge in [0.2, 0.25) is 5.95 Å². The van der Waals surface area contributed by atoms with Gasteiger partial charge in [-0.25, -0.2) is 4.98 Å². The molecule has 2 fully saturated rings. The Morgan fingerprint density at radius 3 is 2.64 bits per heavy atom. The van der Waals surface area contributed by atoms with Crippen molar-refractivity contribution in [3.05, 3.63) is 22.1 Å². The molecule has 5 nitrogen and oxygen atoms in total. The van der Waals surface area contributed by atoms with Crippen LogP contribution in [-0.4, -0.2) is 40.0 Å². The van der Waals surface area contributed by atoms with Gasteiger partial charge in [0.1, 0.15) is 0 Å². The normalized spacial score (nSPS) is 21.9. The van der Waals surface area contributed by atoms with Crippen LogP contribution in [0, 0.1) is 0 Å². The molecular weight excluding hydrogens is 276 g/mol. The number of likely N-dealkylation sites (tertiary alicyclic amines) is 1. The van der Waals surface area contributed by atoms with E-state index in [1.54, 1.807) is 6.07 Å². The van der Waals surface area contributed by atoms with E-state index in [9.17, 15) is 4.79 Å². The number of aryl methyl sites for hydroxylation is 1. The topological polar surface area (TPSA) is 61.0 Å². The Morgan fingerprint density at radius 2 is 1.95 bits per heavy atom. The zero-order valence-corrected chi connectivity index (χ0v) is 13.6. The van der Waals surface area contributed by atoms with E-state index >= 15 is 0 Å². The molecule has 1 aromatic heterocycles. The Kier molecular flexibility index (Phi) is 5.13. The highest BCUT2D eigenvalue weighted by molar-refractivity contribution is 5.27. The largest absolute Gasteiger partial charge is 0.353 e. The van der Waals surface area contributed by atoms with E-state index in [1.807, 2.05) is 6.92 Å². The van der Waals surface area contributed by atoms with Crippen LogP contribution in [0.4, 0.5) is 5.95 Å². The van der Waals surface area contributed by atoms with Crippen LogP contribution in [0.3, 0.4) is 0 Å². The third-order valence-electron chi connectivity index (χ3n) is 5.12. The molecule has 2 heterocycles. The molecule has 1 saturated heterocycles. The van der Waals surface area contributed by atoms with E-state index in [1.165, 1.54) is 45.2 Å². The minimum absolute atomic E-state index is 0.0611. The van der Waals surface area contributed by atoms with Gasteiger partial charge in [-0.15, -0.1) is 0 Å². The van der Waals surface area contributed by atoms with Gasteiger partial charge in [0.15, 0.2) is 0 Å². The van der Waals surface area contributed by atoms with Crippen LogP contribution in [0.5, 0.6) is 0 Å². The molecule has 0 unspecified atom stereocenters. The molecule has 2 N–H and O–H groups in total. The second-order valence-corrected chi connectivity index (χ2v) is 6.69. The van der Waals surface area contributed by atoms with Crippen LogP contribution in [-0.2, 0) is 6.42 Å². The second kappa shape index (κ2) is 7.27. The maximum atomic E-state index is 11.6. The first kappa shape index (κ1) is 15.5. The fraction of sp³-hybridized carbons (Fsp3) is 0.765.